The van der Waals surface area contributed by atoms with Crippen LogP contribution in [0.4, 0.5) is 5.69 Å². The highest BCUT2D eigenvalue weighted by Gasteiger charge is 2.10. The van der Waals surface area contributed by atoms with E-state index in [4.69, 9.17) is 0 Å². The Morgan fingerprint density at radius 3 is 2.73 bits per heavy atom. The van der Waals surface area contributed by atoms with Crippen molar-refractivity contribution in [2.24, 2.45) is 7.05 Å². The maximum atomic E-state index is 10.7. The van der Waals surface area contributed by atoms with Crippen molar-refractivity contribution in [1.29, 1.82) is 0 Å². The first-order valence-corrected chi connectivity index (χ1v) is 4.32. The van der Waals surface area contributed by atoms with E-state index in [0.717, 1.165) is 11.8 Å². The first kappa shape index (κ1) is 9.39. The SMILES string of the molecule is Cn1c(C=O)cc2cc([N+](=O)[O-])ccc21. The number of aromatic nitrogens is 1. The molecule has 0 aliphatic rings. The molecule has 0 radical (unpaired) electrons. The molecule has 76 valence electrons. The van der Waals surface area contributed by atoms with Crippen LogP contribution in [-0.2, 0) is 7.05 Å². The second kappa shape index (κ2) is 3.20. The van der Waals surface area contributed by atoms with Crippen molar-refractivity contribution in [3.63, 3.8) is 0 Å². The molecular formula is C10H8N2O3. The van der Waals surface area contributed by atoms with Crippen LogP contribution in [0.15, 0.2) is 24.3 Å². The second-order valence-corrected chi connectivity index (χ2v) is 3.25. The molecule has 0 aliphatic heterocycles. The Labute approximate surface area is 85.1 Å². The zero-order valence-electron chi connectivity index (χ0n) is 8.01. The minimum Gasteiger partial charge on any atom is -0.341 e. The average Bonchev–Trinajstić information content (AvgIpc) is 2.55. The minimum atomic E-state index is -0.451. The largest absolute Gasteiger partial charge is 0.341 e. The summed E-state index contributed by atoms with van der Waals surface area (Å²) in [5.74, 6) is 0. The van der Waals surface area contributed by atoms with Gasteiger partial charge in [0.15, 0.2) is 6.29 Å². The lowest BCUT2D eigenvalue weighted by molar-refractivity contribution is -0.384. The summed E-state index contributed by atoms with van der Waals surface area (Å²) in [7, 11) is 1.75. The number of carbonyl (C=O) groups excluding carboxylic acids is 1. The standard InChI is InChI=1S/C10H8N2O3/c1-11-9(6-13)5-7-4-8(12(14)15)2-3-10(7)11/h2-6H,1H3. The molecule has 0 fully saturated rings. The third-order valence-corrected chi connectivity index (χ3v) is 2.39. The van der Waals surface area contributed by atoms with Crippen LogP contribution in [0.3, 0.4) is 0 Å². The van der Waals surface area contributed by atoms with Crippen molar-refractivity contribution in [1.82, 2.24) is 4.57 Å². The molecule has 0 atom stereocenters. The summed E-state index contributed by atoms with van der Waals surface area (Å²) >= 11 is 0. The van der Waals surface area contributed by atoms with Gasteiger partial charge in [0, 0.05) is 30.1 Å². The van der Waals surface area contributed by atoms with Gasteiger partial charge in [-0.1, -0.05) is 0 Å². The molecule has 1 aromatic heterocycles. The molecule has 0 amide bonds. The molecule has 2 rings (SSSR count). The van der Waals surface area contributed by atoms with Crippen LogP contribution in [-0.4, -0.2) is 15.8 Å². The van der Waals surface area contributed by atoms with Crippen molar-refractivity contribution in [3.05, 3.63) is 40.1 Å². The number of benzene rings is 1. The van der Waals surface area contributed by atoms with E-state index in [0.29, 0.717) is 11.1 Å². The molecular weight excluding hydrogens is 196 g/mol. The number of nitro benzene ring substituents is 1. The van der Waals surface area contributed by atoms with Crippen LogP contribution >= 0.6 is 0 Å². The second-order valence-electron chi connectivity index (χ2n) is 3.25. The van der Waals surface area contributed by atoms with E-state index < -0.39 is 4.92 Å². The quantitative estimate of drug-likeness (QED) is 0.426. The van der Waals surface area contributed by atoms with E-state index in [1.165, 1.54) is 12.1 Å². The Hall–Kier alpha value is -2.17. The molecule has 0 bridgehead atoms. The topological polar surface area (TPSA) is 65.1 Å². The number of aldehydes is 1. The van der Waals surface area contributed by atoms with E-state index in [9.17, 15) is 14.9 Å². The maximum Gasteiger partial charge on any atom is 0.270 e. The number of nitrogens with zero attached hydrogens (tertiary/aromatic N) is 2. The van der Waals surface area contributed by atoms with Gasteiger partial charge in [-0.2, -0.15) is 0 Å². The van der Waals surface area contributed by atoms with E-state index in [1.807, 2.05) is 0 Å². The lowest BCUT2D eigenvalue weighted by atomic mass is 10.2. The number of hydrogen-bond donors (Lipinski definition) is 0. The molecule has 0 saturated carbocycles. The fourth-order valence-electron chi connectivity index (χ4n) is 1.58. The Morgan fingerprint density at radius 1 is 1.40 bits per heavy atom. The van der Waals surface area contributed by atoms with Crippen LogP contribution in [0.25, 0.3) is 10.9 Å². The van der Waals surface area contributed by atoms with Crippen molar-refractivity contribution in [3.8, 4) is 0 Å². The van der Waals surface area contributed by atoms with Gasteiger partial charge >= 0.3 is 0 Å². The lowest BCUT2D eigenvalue weighted by Gasteiger charge is -1.97. The molecule has 1 aromatic carbocycles. The Bertz CT molecular complexity index is 557. The number of fused-ring (bicyclic) bond motifs is 1. The van der Waals surface area contributed by atoms with Crippen LogP contribution in [0.5, 0.6) is 0 Å². The van der Waals surface area contributed by atoms with Crippen molar-refractivity contribution in [2.45, 2.75) is 0 Å². The highest BCUT2D eigenvalue weighted by molar-refractivity contribution is 5.90. The Morgan fingerprint density at radius 2 is 2.13 bits per heavy atom. The number of non-ortho nitro benzene ring substituents is 1. The van der Waals surface area contributed by atoms with Crippen LogP contribution in [0.1, 0.15) is 10.5 Å². The molecule has 5 nitrogen and oxygen atoms in total. The molecule has 0 aliphatic carbocycles. The van der Waals surface area contributed by atoms with E-state index >= 15 is 0 Å². The Kier molecular flexibility index (Phi) is 2.00. The normalized spacial score (nSPS) is 10.5. The number of carbonyl (C=O) groups is 1. The van der Waals surface area contributed by atoms with Gasteiger partial charge in [0.1, 0.15) is 0 Å². The fourth-order valence-corrected chi connectivity index (χ4v) is 1.58. The van der Waals surface area contributed by atoms with Crippen molar-refractivity contribution in [2.75, 3.05) is 0 Å². The summed E-state index contributed by atoms with van der Waals surface area (Å²) in [5, 5.41) is 11.2. The number of aryl methyl sites for hydroxylation is 1. The summed E-state index contributed by atoms with van der Waals surface area (Å²) in [4.78, 5) is 20.7. The summed E-state index contributed by atoms with van der Waals surface area (Å²) in [6.45, 7) is 0. The fraction of sp³-hybridized carbons (Fsp3) is 0.100. The average molecular weight is 204 g/mol. The van der Waals surface area contributed by atoms with E-state index in [1.54, 1.807) is 23.7 Å². The van der Waals surface area contributed by atoms with Gasteiger partial charge in [0.05, 0.1) is 10.6 Å². The minimum absolute atomic E-state index is 0.0329. The van der Waals surface area contributed by atoms with E-state index in [-0.39, 0.29) is 5.69 Å². The molecule has 0 spiro atoms. The predicted molar refractivity (Wildman–Crippen MR) is 55.0 cm³/mol. The monoisotopic (exact) mass is 204 g/mol. The molecule has 15 heavy (non-hydrogen) atoms. The van der Waals surface area contributed by atoms with Crippen LogP contribution in [0.2, 0.25) is 0 Å². The highest BCUT2D eigenvalue weighted by atomic mass is 16.6. The zero-order chi connectivity index (χ0) is 11.0. The van der Waals surface area contributed by atoms with Gasteiger partial charge in [0.2, 0.25) is 0 Å². The van der Waals surface area contributed by atoms with E-state index in [2.05, 4.69) is 0 Å². The molecule has 5 heteroatoms. The van der Waals surface area contributed by atoms with Crippen molar-refractivity contribution >= 4 is 22.9 Å². The van der Waals surface area contributed by atoms with Crippen LogP contribution < -0.4 is 0 Å². The van der Waals surface area contributed by atoms with Gasteiger partial charge in [-0.05, 0) is 12.1 Å². The third kappa shape index (κ3) is 1.38. The lowest BCUT2D eigenvalue weighted by Crippen LogP contribution is -1.93. The van der Waals surface area contributed by atoms with Gasteiger partial charge in [-0.3, -0.25) is 14.9 Å². The summed E-state index contributed by atoms with van der Waals surface area (Å²) in [6, 6.07) is 6.16. The molecule has 0 unspecified atom stereocenters. The summed E-state index contributed by atoms with van der Waals surface area (Å²) < 4.78 is 1.70. The van der Waals surface area contributed by atoms with Gasteiger partial charge < -0.3 is 4.57 Å². The zero-order valence-corrected chi connectivity index (χ0v) is 8.01. The van der Waals surface area contributed by atoms with Crippen molar-refractivity contribution < 1.29 is 9.72 Å². The van der Waals surface area contributed by atoms with Crippen LogP contribution in [0, 0.1) is 10.1 Å². The van der Waals surface area contributed by atoms with Gasteiger partial charge in [-0.25, -0.2) is 0 Å². The maximum absolute atomic E-state index is 10.7. The summed E-state index contributed by atoms with van der Waals surface area (Å²) in [6.07, 6.45) is 0.728. The molecule has 0 N–H and O–H groups in total. The first-order valence-electron chi connectivity index (χ1n) is 4.32. The number of rotatable bonds is 2. The highest BCUT2D eigenvalue weighted by Crippen LogP contribution is 2.22. The number of nitro groups is 1. The molecule has 2 aromatic rings. The molecule has 0 saturated heterocycles. The predicted octanol–water partition coefficient (Wildman–Crippen LogP) is 1.90. The van der Waals surface area contributed by atoms with Gasteiger partial charge in [0.25, 0.3) is 5.69 Å². The first-order chi connectivity index (χ1) is 7.13. The van der Waals surface area contributed by atoms with Gasteiger partial charge in [-0.15, -0.1) is 0 Å². The number of hydrogen-bond acceptors (Lipinski definition) is 3. The smallest absolute Gasteiger partial charge is 0.270 e. The molecule has 1 heterocycles. The Balaban J connectivity index is 2.73. The summed E-state index contributed by atoms with van der Waals surface area (Å²) in [5.41, 5.74) is 1.35. The third-order valence-electron chi connectivity index (χ3n) is 2.39.